The first-order valence-electron chi connectivity index (χ1n) is 14.3. The average Bonchev–Trinajstić information content (AvgIpc) is 3.61. The topological polar surface area (TPSA) is 316 Å². The Morgan fingerprint density at radius 1 is 1.24 bits per heavy atom. The van der Waals surface area contributed by atoms with Crippen molar-refractivity contribution in [3.8, 4) is 11.8 Å². The van der Waals surface area contributed by atoms with Gasteiger partial charge < -0.3 is 49.4 Å². The van der Waals surface area contributed by atoms with Crippen LogP contribution >= 0.6 is 23.5 Å². The molecule has 1 aromatic carbocycles. The number of aromatic nitrogens is 3. The fourth-order valence-corrected chi connectivity index (χ4v) is 7.83. The second-order valence-corrected chi connectivity index (χ2v) is 14.8. The molecule has 7 N–H and O–H groups in total. The summed E-state index contributed by atoms with van der Waals surface area (Å²) in [5.41, 5.74) is 6.70. The van der Waals surface area contributed by atoms with Crippen LogP contribution in [0.3, 0.4) is 0 Å². The average molecular weight is 776 g/mol. The zero-order chi connectivity index (χ0) is 37.6. The minimum absolute atomic E-state index is 0.0151. The summed E-state index contributed by atoms with van der Waals surface area (Å²) in [7, 11) is -16.8. The minimum atomic E-state index is -5.74. The maximum absolute atomic E-state index is 12.4. The van der Waals surface area contributed by atoms with E-state index in [1.165, 1.54) is 48.3 Å². The van der Waals surface area contributed by atoms with Crippen molar-refractivity contribution >= 4 is 52.1 Å². The minimum Gasteiger partial charge on any atom is -0.441 e. The number of phosphoric acid groups is 3. The summed E-state index contributed by atoms with van der Waals surface area (Å²) < 4.78 is 65.7. The lowest BCUT2D eigenvalue weighted by Crippen LogP contribution is -2.29. The van der Waals surface area contributed by atoms with Crippen LogP contribution in [0, 0.1) is 22.0 Å². The monoisotopic (exact) mass is 776 g/mol. The van der Waals surface area contributed by atoms with Gasteiger partial charge in [-0.05, 0) is 13.0 Å². The highest BCUT2D eigenvalue weighted by Crippen LogP contribution is 2.66. The van der Waals surface area contributed by atoms with E-state index in [1.54, 1.807) is 6.07 Å². The molecule has 0 spiro atoms. The molecule has 3 aromatic rings. The molecule has 1 amide bonds. The molecular formula is C26H31N6O16P3. The summed E-state index contributed by atoms with van der Waals surface area (Å²) in [6.07, 6.45) is -0.441. The van der Waals surface area contributed by atoms with E-state index in [4.69, 9.17) is 34.3 Å². The van der Waals surface area contributed by atoms with E-state index in [-0.39, 0.29) is 42.3 Å². The predicted octanol–water partition coefficient (Wildman–Crippen LogP) is 2.96. The van der Waals surface area contributed by atoms with Gasteiger partial charge in [0.2, 0.25) is 0 Å². The maximum atomic E-state index is 12.4. The van der Waals surface area contributed by atoms with Crippen molar-refractivity contribution in [1.29, 1.82) is 0 Å². The molecule has 3 heterocycles. The van der Waals surface area contributed by atoms with E-state index in [2.05, 4.69) is 42.3 Å². The van der Waals surface area contributed by atoms with Crippen LogP contribution in [-0.2, 0) is 41.1 Å². The van der Waals surface area contributed by atoms with Crippen molar-refractivity contribution in [1.82, 2.24) is 19.9 Å². The summed E-state index contributed by atoms with van der Waals surface area (Å²) >= 11 is 0. The lowest BCUT2D eigenvalue weighted by atomic mass is 10.1. The second kappa shape index (κ2) is 16.5. The molecule has 0 bridgehead atoms. The Balaban J connectivity index is 1.47. The van der Waals surface area contributed by atoms with Gasteiger partial charge in [0, 0.05) is 18.7 Å². The molecule has 1 aliphatic rings. The number of carbonyl (C=O) groups excluding carboxylic acids is 1. The SMILES string of the molecule is C=CCO[C@H]1C[C@H](n2cc(C#CCNC(=O)OC(C)c3ccccc3[N+](=O)[O-])c3c(N)ncnc32)O[C@@H]1COP(=O)(O)OP(=O)(O)OP(=O)(O)O. The molecule has 2 aromatic heterocycles. The number of hydrogen-bond acceptors (Lipinski definition) is 15. The number of anilines is 1. The molecule has 3 unspecified atom stereocenters. The van der Waals surface area contributed by atoms with Gasteiger partial charge in [0.1, 0.15) is 36.2 Å². The molecule has 6 atom stereocenters. The lowest BCUT2D eigenvalue weighted by Gasteiger charge is -2.21. The number of nitro groups is 1. The normalized spacial score (nSPS) is 20.4. The van der Waals surface area contributed by atoms with Crippen LogP contribution in [0.1, 0.15) is 36.8 Å². The Kier molecular flexibility index (Phi) is 12.9. The van der Waals surface area contributed by atoms with Crippen LogP contribution in [0.2, 0.25) is 0 Å². The third-order valence-electron chi connectivity index (χ3n) is 6.77. The number of nitrogens with zero attached hydrogens (tertiary/aromatic N) is 4. The van der Waals surface area contributed by atoms with E-state index in [0.717, 1.165) is 0 Å². The number of nitrogen functional groups attached to an aromatic ring is 1. The third kappa shape index (κ3) is 11.0. The van der Waals surface area contributed by atoms with E-state index < -0.39 is 65.6 Å². The second-order valence-electron chi connectivity index (χ2n) is 10.3. The van der Waals surface area contributed by atoms with Crippen molar-refractivity contribution in [3.05, 3.63) is 70.7 Å². The Labute approximate surface area is 288 Å². The number of nitro benzene ring substituents is 1. The van der Waals surface area contributed by atoms with E-state index >= 15 is 0 Å². The molecule has 276 valence electrons. The highest BCUT2D eigenvalue weighted by Gasteiger charge is 2.43. The molecule has 1 fully saturated rings. The molecule has 0 radical (unpaired) electrons. The van der Waals surface area contributed by atoms with Gasteiger partial charge in [-0.25, -0.2) is 28.5 Å². The van der Waals surface area contributed by atoms with Crippen molar-refractivity contribution in [2.45, 2.75) is 37.9 Å². The summed E-state index contributed by atoms with van der Waals surface area (Å²) in [6.45, 7) is 4.08. The smallest absolute Gasteiger partial charge is 0.441 e. The van der Waals surface area contributed by atoms with Gasteiger partial charge in [0.15, 0.2) is 0 Å². The maximum Gasteiger partial charge on any atom is 0.490 e. The number of fused-ring (bicyclic) bond motifs is 1. The largest absolute Gasteiger partial charge is 0.490 e. The van der Waals surface area contributed by atoms with E-state index in [0.29, 0.717) is 10.9 Å². The number of rotatable bonds is 15. The number of alkyl carbamates (subject to hydrolysis) is 1. The zero-order valence-corrected chi connectivity index (χ0v) is 29.0. The number of nitrogens with one attached hydrogen (secondary N) is 1. The number of carbonyl (C=O) groups is 1. The predicted molar refractivity (Wildman–Crippen MR) is 173 cm³/mol. The van der Waals surface area contributed by atoms with Gasteiger partial charge >= 0.3 is 29.6 Å². The number of ether oxygens (including phenoxy) is 3. The molecule has 1 saturated heterocycles. The first-order valence-corrected chi connectivity index (χ1v) is 18.9. The van der Waals surface area contributed by atoms with Gasteiger partial charge in [0.25, 0.3) is 5.69 Å². The van der Waals surface area contributed by atoms with E-state index in [9.17, 15) is 38.4 Å². The molecule has 0 aliphatic carbocycles. The fraction of sp³-hybridized carbons (Fsp3) is 0.346. The first kappa shape index (κ1) is 39.7. The Bertz CT molecular complexity index is 1990. The molecule has 22 nitrogen and oxygen atoms in total. The van der Waals surface area contributed by atoms with Crippen LogP contribution in [0.4, 0.5) is 16.3 Å². The lowest BCUT2D eigenvalue weighted by molar-refractivity contribution is -0.386. The van der Waals surface area contributed by atoms with Crippen LogP contribution in [0.25, 0.3) is 11.0 Å². The van der Waals surface area contributed by atoms with Crippen LogP contribution in [0.15, 0.2) is 49.4 Å². The number of amides is 1. The standard InChI is InChI=1S/C26H31N6O16P3/c1-3-11-43-20-12-22(46-21(20)14-44-50(39,40)48-51(41,42)47-49(36,37)38)31-13-17(23-24(27)29-15-30-25(23)31)7-6-10-28-26(33)45-16(2)18-8-4-5-9-19(18)32(34)35/h3-5,8-9,13,15-16,20-22H,1,10-12,14H2,2H3,(H,28,33)(H,39,40)(H,41,42)(H2,27,29,30)(H2,36,37,38)/t16?,20-,21+,22+/m0/s1. The Morgan fingerprint density at radius 2 is 1.96 bits per heavy atom. The Hall–Kier alpha value is -4.06. The van der Waals surface area contributed by atoms with E-state index in [1.807, 2.05) is 0 Å². The number of hydrogen-bond donors (Lipinski definition) is 6. The highest BCUT2D eigenvalue weighted by atomic mass is 31.3. The summed E-state index contributed by atoms with van der Waals surface area (Å²) in [4.78, 5) is 68.1. The van der Waals surface area contributed by atoms with Crippen molar-refractivity contribution < 1.29 is 70.3 Å². The van der Waals surface area contributed by atoms with Gasteiger partial charge in [-0.3, -0.25) is 14.6 Å². The van der Waals surface area contributed by atoms with Crippen molar-refractivity contribution in [2.75, 3.05) is 25.5 Å². The molecule has 4 rings (SSSR count). The zero-order valence-electron chi connectivity index (χ0n) is 26.3. The molecule has 25 heteroatoms. The molecular weight excluding hydrogens is 745 g/mol. The Morgan fingerprint density at radius 3 is 2.65 bits per heavy atom. The van der Waals surface area contributed by atoms with Gasteiger partial charge in [-0.15, -0.1) is 6.58 Å². The third-order valence-corrected chi connectivity index (χ3v) is 10.6. The molecule has 1 aliphatic heterocycles. The van der Waals surface area contributed by atoms with Crippen LogP contribution in [0.5, 0.6) is 0 Å². The highest BCUT2D eigenvalue weighted by molar-refractivity contribution is 7.66. The molecule has 51 heavy (non-hydrogen) atoms. The van der Waals surface area contributed by atoms with Crippen LogP contribution in [-0.4, -0.2) is 77.1 Å². The number of phosphoric ester groups is 1. The fourth-order valence-electron chi connectivity index (χ4n) is 4.80. The molecule has 0 saturated carbocycles. The van der Waals surface area contributed by atoms with Crippen molar-refractivity contribution in [2.24, 2.45) is 0 Å². The van der Waals surface area contributed by atoms with Gasteiger partial charge in [0.05, 0.1) is 47.3 Å². The number of benzene rings is 1. The number of para-hydroxylation sites is 1. The summed E-state index contributed by atoms with van der Waals surface area (Å²) in [5, 5.41) is 14.1. The van der Waals surface area contributed by atoms with Crippen LogP contribution < -0.4 is 11.1 Å². The van der Waals surface area contributed by atoms with Gasteiger partial charge in [-0.1, -0.05) is 30.0 Å². The first-order chi connectivity index (χ1) is 23.9. The van der Waals surface area contributed by atoms with Gasteiger partial charge in [-0.2, -0.15) is 8.62 Å². The quantitative estimate of drug-likeness (QED) is 0.0425. The summed E-state index contributed by atoms with van der Waals surface area (Å²) in [6, 6.07) is 5.83. The summed E-state index contributed by atoms with van der Waals surface area (Å²) in [5.74, 6) is 5.66. The number of nitrogens with two attached hydrogens (primary N) is 1. The van der Waals surface area contributed by atoms with Crippen molar-refractivity contribution in [3.63, 3.8) is 0 Å².